The molecule has 31 heavy (non-hydrogen) atoms. The predicted octanol–water partition coefficient (Wildman–Crippen LogP) is 3.34. The molecule has 0 spiro atoms. The summed E-state index contributed by atoms with van der Waals surface area (Å²) in [5.41, 5.74) is 0.347. The van der Waals surface area contributed by atoms with E-state index in [0.29, 0.717) is 21.7 Å². The molecule has 0 aliphatic heterocycles. The van der Waals surface area contributed by atoms with Crippen LogP contribution in [0, 0.1) is 6.92 Å². The van der Waals surface area contributed by atoms with Crippen LogP contribution in [-0.2, 0) is 13.1 Å². The summed E-state index contributed by atoms with van der Waals surface area (Å²) in [6, 6.07) is 10.5. The van der Waals surface area contributed by atoms with Gasteiger partial charge in [-0.3, -0.25) is 4.57 Å². The summed E-state index contributed by atoms with van der Waals surface area (Å²) in [6.07, 6.45) is -7.70. The number of alkyl halides is 3. The SMILES string of the molecule is Cc1c(Cn2nc(-c3ccc(Cl)cc3)n(CC(O)C(F)(F)F)c2=O)cccc1C(=O)O. The lowest BCUT2D eigenvalue weighted by Gasteiger charge is -2.15. The Kier molecular flexibility index (Phi) is 6.23. The van der Waals surface area contributed by atoms with Crippen molar-refractivity contribution >= 4 is 17.6 Å². The van der Waals surface area contributed by atoms with Crippen LogP contribution >= 0.6 is 11.6 Å². The molecule has 0 radical (unpaired) electrons. The van der Waals surface area contributed by atoms with Crippen molar-refractivity contribution in [2.45, 2.75) is 32.3 Å². The van der Waals surface area contributed by atoms with E-state index >= 15 is 0 Å². The quantitative estimate of drug-likeness (QED) is 0.594. The largest absolute Gasteiger partial charge is 0.478 e. The molecule has 0 fully saturated rings. The summed E-state index contributed by atoms with van der Waals surface area (Å²) >= 11 is 5.85. The van der Waals surface area contributed by atoms with E-state index in [4.69, 9.17) is 11.6 Å². The average molecular weight is 456 g/mol. The van der Waals surface area contributed by atoms with Crippen molar-refractivity contribution in [2.24, 2.45) is 0 Å². The Morgan fingerprint density at radius 2 is 1.84 bits per heavy atom. The number of aromatic nitrogens is 3. The third-order valence-electron chi connectivity index (χ3n) is 4.76. The molecule has 0 amide bonds. The van der Waals surface area contributed by atoms with Gasteiger partial charge in [-0.05, 0) is 48.4 Å². The first-order valence-electron chi connectivity index (χ1n) is 8.99. The summed E-state index contributed by atoms with van der Waals surface area (Å²) in [5, 5.41) is 23.3. The fourth-order valence-electron chi connectivity index (χ4n) is 3.05. The molecular weight excluding hydrogens is 439 g/mol. The predicted molar refractivity (Wildman–Crippen MR) is 106 cm³/mol. The molecule has 1 heterocycles. The third kappa shape index (κ3) is 4.80. The van der Waals surface area contributed by atoms with Gasteiger partial charge in [-0.2, -0.15) is 13.2 Å². The van der Waals surface area contributed by atoms with Crippen molar-refractivity contribution in [2.75, 3.05) is 0 Å². The maximum Gasteiger partial charge on any atom is 0.416 e. The second-order valence-electron chi connectivity index (χ2n) is 6.83. The zero-order valence-corrected chi connectivity index (χ0v) is 16.9. The highest BCUT2D eigenvalue weighted by atomic mass is 35.5. The van der Waals surface area contributed by atoms with Crippen molar-refractivity contribution in [3.63, 3.8) is 0 Å². The van der Waals surface area contributed by atoms with Gasteiger partial charge in [0.15, 0.2) is 11.9 Å². The first-order valence-corrected chi connectivity index (χ1v) is 9.37. The van der Waals surface area contributed by atoms with Gasteiger partial charge in [-0.15, -0.1) is 5.10 Å². The Morgan fingerprint density at radius 1 is 1.19 bits per heavy atom. The number of aliphatic hydroxyl groups excluding tert-OH is 1. The van der Waals surface area contributed by atoms with Crippen LogP contribution in [0.2, 0.25) is 5.02 Å². The smallest absolute Gasteiger partial charge is 0.416 e. The van der Waals surface area contributed by atoms with Gasteiger partial charge in [0, 0.05) is 10.6 Å². The molecular formula is C20H17ClF3N3O4. The molecule has 0 bridgehead atoms. The van der Waals surface area contributed by atoms with Gasteiger partial charge in [-0.1, -0.05) is 23.7 Å². The number of benzene rings is 2. The van der Waals surface area contributed by atoms with E-state index in [0.717, 1.165) is 9.25 Å². The molecule has 0 saturated carbocycles. The fourth-order valence-corrected chi connectivity index (χ4v) is 3.17. The minimum atomic E-state index is -4.93. The van der Waals surface area contributed by atoms with Gasteiger partial charge in [0.25, 0.3) is 0 Å². The van der Waals surface area contributed by atoms with E-state index in [2.05, 4.69) is 5.10 Å². The fraction of sp³-hybridized carbons (Fsp3) is 0.250. The van der Waals surface area contributed by atoms with Gasteiger partial charge < -0.3 is 10.2 Å². The number of halogens is 4. The summed E-state index contributed by atoms with van der Waals surface area (Å²) in [4.78, 5) is 24.2. The monoisotopic (exact) mass is 455 g/mol. The zero-order chi connectivity index (χ0) is 22.9. The maximum atomic E-state index is 12.9. The standard InChI is InChI=1S/C20H17ClF3N3O4/c1-11-13(3-2-4-15(11)18(29)30)9-27-19(31)26(10-16(28)20(22,23)24)17(25-27)12-5-7-14(21)8-6-12/h2-8,16,28H,9-10H2,1H3,(H,29,30). The van der Waals surface area contributed by atoms with E-state index < -0.39 is 30.5 Å². The molecule has 3 rings (SSSR count). The normalized spacial score (nSPS) is 12.7. The molecule has 2 N–H and O–H groups in total. The minimum Gasteiger partial charge on any atom is -0.478 e. The van der Waals surface area contributed by atoms with Gasteiger partial charge in [0.1, 0.15) is 0 Å². The number of rotatable bonds is 6. The Hall–Kier alpha value is -3.11. The van der Waals surface area contributed by atoms with Crippen LogP contribution in [0.3, 0.4) is 0 Å². The van der Waals surface area contributed by atoms with Crippen molar-refractivity contribution < 1.29 is 28.2 Å². The molecule has 0 aliphatic carbocycles. The number of aliphatic hydroxyl groups is 1. The molecule has 2 aromatic carbocycles. The third-order valence-corrected chi connectivity index (χ3v) is 5.01. The lowest BCUT2D eigenvalue weighted by atomic mass is 10.0. The number of aromatic carboxylic acids is 1. The summed E-state index contributed by atoms with van der Waals surface area (Å²) in [7, 11) is 0. The van der Waals surface area contributed by atoms with E-state index in [1.807, 2.05) is 0 Å². The van der Waals surface area contributed by atoms with Crippen molar-refractivity contribution in [3.8, 4) is 11.4 Å². The molecule has 1 unspecified atom stereocenters. The number of hydrogen-bond acceptors (Lipinski definition) is 4. The first-order chi connectivity index (χ1) is 14.5. The molecule has 0 saturated heterocycles. The number of carboxylic acid groups (broad SMARTS) is 1. The first kappa shape index (κ1) is 22.6. The van der Waals surface area contributed by atoms with Crippen LogP contribution in [0.4, 0.5) is 13.2 Å². The number of nitrogens with zero attached hydrogens (tertiary/aromatic N) is 3. The molecule has 0 aliphatic rings. The van der Waals surface area contributed by atoms with Crippen molar-refractivity contribution in [1.29, 1.82) is 0 Å². The number of carboxylic acids is 1. The summed E-state index contributed by atoms with van der Waals surface area (Å²) < 4.78 is 40.4. The summed E-state index contributed by atoms with van der Waals surface area (Å²) in [6.45, 7) is 0.351. The molecule has 1 atom stereocenters. The Morgan fingerprint density at radius 3 is 2.42 bits per heavy atom. The number of carbonyl (C=O) groups is 1. The van der Waals surface area contributed by atoms with Crippen LogP contribution in [0.15, 0.2) is 47.3 Å². The van der Waals surface area contributed by atoms with Crippen molar-refractivity contribution in [1.82, 2.24) is 14.3 Å². The number of hydrogen-bond donors (Lipinski definition) is 2. The van der Waals surface area contributed by atoms with Crippen LogP contribution in [-0.4, -0.2) is 42.8 Å². The van der Waals surface area contributed by atoms with E-state index in [1.165, 1.54) is 36.4 Å². The van der Waals surface area contributed by atoms with Gasteiger partial charge in [0.05, 0.1) is 18.7 Å². The second-order valence-corrected chi connectivity index (χ2v) is 7.27. The van der Waals surface area contributed by atoms with E-state index in [-0.39, 0.29) is 17.9 Å². The minimum absolute atomic E-state index is 0.0374. The van der Waals surface area contributed by atoms with Gasteiger partial charge >= 0.3 is 17.8 Å². The average Bonchev–Trinajstić information content (AvgIpc) is 2.99. The highest BCUT2D eigenvalue weighted by molar-refractivity contribution is 6.30. The summed E-state index contributed by atoms with van der Waals surface area (Å²) in [5.74, 6) is -1.23. The molecule has 164 valence electrons. The van der Waals surface area contributed by atoms with E-state index in [9.17, 15) is 33.0 Å². The van der Waals surface area contributed by atoms with Crippen LogP contribution in [0.1, 0.15) is 21.5 Å². The van der Waals surface area contributed by atoms with Gasteiger partial charge in [0.2, 0.25) is 0 Å². The van der Waals surface area contributed by atoms with E-state index in [1.54, 1.807) is 13.0 Å². The maximum absolute atomic E-state index is 12.9. The molecule has 11 heteroatoms. The molecule has 3 aromatic rings. The Bertz CT molecular complexity index is 1170. The second kappa shape index (κ2) is 8.56. The van der Waals surface area contributed by atoms with Crippen LogP contribution < -0.4 is 5.69 Å². The zero-order valence-electron chi connectivity index (χ0n) is 16.1. The van der Waals surface area contributed by atoms with Crippen LogP contribution in [0.25, 0.3) is 11.4 Å². The lowest BCUT2D eigenvalue weighted by molar-refractivity contribution is -0.207. The lowest BCUT2D eigenvalue weighted by Crippen LogP contribution is -2.37. The van der Waals surface area contributed by atoms with Gasteiger partial charge in [-0.25, -0.2) is 14.3 Å². The highest BCUT2D eigenvalue weighted by Gasteiger charge is 2.39. The van der Waals surface area contributed by atoms with Crippen molar-refractivity contribution in [3.05, 3.63) is 74.7 Å². The Labute approximate surface area is 178 Å². The highest BCUT2D eigenvalue weighted by Crippen LogP contribution is 2.24. The molecule has 7 nitrogen and oxygen atoms in total. The Balaban J connectivity index is 2.09. The topological polar surface area (TPSA) is 97.4 Å². The van der Waals surface area contributed by atoms with Crippen LogP contribution in [0.5, 0.6) is 0 Å². The molecule has 1 aromatic heterocycles.